The average Bonchev–Trinajstić information content (AvgIpc) is 3.25. The maximum atomic E-state index is 5.39. The first kappa shape index (κ1) is 21.5. The first-order chi connectivity index (χ1) is 16.6. The molecule has 0 radical (unpaired) electrons. The molecule has 3 aromatic rings. The van der Waals surface area contributed by atoms with Gasteiger partial charge in [0.15, 0.2) is 0 Å². The van der Waals surface area contributed by atoms with E-state index in [2.05, 4.69) is 79.7 Å². The van der Waals surface area contributed by atoms with Crippen molar-refractivity contribution in [1.29, 1.82) is 0 Å². The Balaban J connectivity index is 1.26. The number of rotatable bonds is 4. The maximum absolute atomic E-state index is 5.39. The van der Waals surface area contributed by atoms with E-state index in [-0.39, 0.29) is 5.41 Å². The molecule has 0 spiro atoms. The Hall–Kier alpha value is -3.00. The van der Waals surface area contributed by atoms with Crippen LogP contribution in [0.3, 0.4) is 0 Å². The SMILES string of the molecule is COc1ccc(C2=CC[C@H]3[C@@H]4CCc5cc(-c6ccc(OC)cc6)ccc5[C@H]4CC[C@]23C)cc1. The lowest BCUT2D eigenvalue weighted by molar-refractivity contribution is 0.0886. The van der Waals surface area contributed by atoms with Crippen molar-refractivity contribution < 1.29 is 9.47 Å². The third kappa shape index (κ3) is 3.38. The molecule has 3 aliphatic rings. The van der Waals surface area contributed by atoms with Crippen LogP contribution in [-0.4, -0.2) is 14.2 Å². The normalized spacial score (nSPS) is 27.3. The van der Waals surface area contributed by atoms with Crippen molar-refractivity contribution in [1.82, 2.24) is 0 Å². The van der Waals surface area contributed by atoms with Crippen molar-refractivity contribution in [3.63, 3.8) is 0 Å². The highest BCUT2D eigenvalue weighted by molar-refractivity contribution is 5.73. The fourth-order valence-corrected chi connectivity index (χ4v) is 7.33. The van der Waals surface area contributed by atoms with Gasteiger partial charge in [0.05, 0.1) is 14.2 Å². The smallest absolute Gasteiger partial charge is 0.118 e. The van der Waals surface area contributed by atoms with Crippen LogP contribution in [0.5, 0.6) is 11.5 Å². The number of aryl methyl sites for hydroxylation is 1. The second-order valence-corrected chi connectivity index (χ2v) is 10.6. The lowest BCUT2D eigenvalue weighted by Gasteiger charge is -2.50. The molecule has 1 fully saturated rings. The lowest BCUT2D eigenvalue weighted by atomic mass is 9.54. The Morgan fingerprint density at radius 2 is 1.41 bits per heavy atom. The van der Waals surface area contributed by atoms with Gasteiger partial charge in [-0.2, -0.15) is 0 Å². The van der Waals surface area contributed by atoms with Gasteiger partial charge < -0.3 is 9.47 Å². The van der Waals surface area contributed by atoms with E-state index in [1.807, 2.05) is 0 Å². The van der Waals surface area contributed by atoms with Gasteiger partial charge in [-0.3, -0.25) is 0 Å². The number of ether oxygens (including phenoxy) is 2. The first-order valence-corrected chi connectivity index (χ1v) is 12.7. The van der Waals surface area contributed by atoms with E-state index >= 15 is 0 Å². The van der Waals surface area contributed by atoms with Crippen LogP contribution in [0.1, 0.15) is 55.2 Å². The van der Waals surface area contributed by atoms with Crippen molar-refractivity contribution in [2.24, 2.45) is 17.3 Å². The van der Waals surface area contributed by atoms with E-state index in [1.165, 1.54) is 48.8 Å². The summed E-state index contributed by atoms with van der Waals surface area (Å²) in [5.74, 6) is 4.08. The third-order valence-corrected chi connectivity index (χ3v) is 9.13. The predicted octanol–water partition coefficient (Wildman–Crippen LogP) is 7.92. The fraction of sp³-hybridized carbons (Fsp3) is 0.375. The van der Waals surface area contributed by atoms with Crippen molar-refractivity contribution in [2.45, 2.75) is 44.9 Å². The van der Waals surface area contributed by atoms with Gasteiger partial charge >= 0.3 is 0 Å². The quantitative estimate of drug-likeness (QED) is 0.402. The molecule has 174 valence electrons. The molecule has 3 aromatic carbocycles. The summed E-state index contributed by atoms with van der Waals surface area (Å²) in [5, 5.41) is 0. The van der Waals surface area contributed by atoms with Crippen LogP contribution in [0.15, 0.2) is 72.8 Å². The van der Waals surface area contributed by atoms with Crippen LogP contribution in [-0.2, 0) is 6.42 Å². The second-order valence-electron chi connectivity index (χ2n) is 10.6. The molecule has 34 heavy (non-hydrogen) atoms. The predicted molar refractivity (Wildman–Crippen MR) is 139 cm³/mol. The van der Waals surface area contributed by atoms with Gasteiger partial charge in [-0.15, -0.1) is 0 Å². The molecule has 2 nitrogen and oxygen atoms in total. The fourth-order valence-electron chi connectivity index (χ4n) is 7.33. The highest BCUT2D eigenvalue weighted by atomic mass is 16.5. The lowest BCUT2D eigenvalue weighted by Crippen LogP contribution is -2.40. The molecular formula is C32H34O2. The Kier molecular flexibility index (Phi) is 5.28. The van der Waals surface area contributed by atoms with E-state index < -0.39 is 0 Å². The van der Waals surface area contributed by atoms with Gasteiger partial charge in [0.1, 0.15) is 11.5 Å². The van der Waals surface area contributed by atoms with E-state index in [4.69, 9.17) is 9.47 Å². The van der Waals surface area contributed by atoms with Crippen LogP contribution in [0, 0.1) is 17.3 Å². The van der Waals surface area contributed by atoms with Gasteiger partial charge in [0, 0.05) is 0 Å². The van der Waals surface area contributed by atoms with Gasteiger partial charge in [-0.1, -0.05) is 55.5 Å². The number of hydrogen-bond donors (Lipinski definition) is 0. The first-order valence-electron chi connectivity index (χ1n) is 12.7. The van der Waals surface area contributed by atoms with Gasteiger partial charge in [0.2, 0.25) is 0 Å². The zero-order valence-electron chi connectivity index (χ0n) is 20.5. The summed E-state index contributed by atoms with van der Waals surface area (Å²) >= 11 is 0. The molecule has 3 aliphatic carbocycles. The highest BCUT2D eigenvalue weighted by Crippen LogP contribution is 2.63. The monoisotopic (exact) mass is 450 g/mol. The third-order valence-electron chi connectivity index (χ3n) is 9.13. The maximum Gasteiger partial charge on any atom is 0.118 e. The molecule has 0 N–H and O–H groups in total. The summed E-state index contributed by atoms with van der Waals surface area (Å²) < 4.78 is 10.7. The highest BCUT2D eigenvalue weighted by Gasteiger charge is 2.51. The number of hydrogen-bond acceptors (Lipinski definition) is 2. The summed E-state index contributed by atoms with van der Waals surface area (Å²) in [4.78, 5) is 0. The molecule has 2 heteroatoms. The minimum Gasteiger partial charge on any atom is -0.497 e. The molecule has 0 aromatic heterocycles. The van der Waals surface area contributed by atoms with E-state index in [0.29, 0.717) is 5.92 Å². The topological polar surface area (TPSA) is 18.5 Å². The number of fused-ring (bicyclic) bond motifs is 5. The molecule has 0 aliphatic heterocycles. The van der Waals surface area contributed by atoms with Crippen molar-refractivity contribution in [2.75, 3.05) is 14.2 Å². The summed E-state index contributed by atoms with van der Waals surface area (Å²) in [5.41, 5.74) is 9.02. The van der Waals surface area contributed by atoms with E-state index in [1.54, 1.807) is 30.9 Å². The number of methoxy groups -OCH3 is 2. The van der Waals surface area contributed by atoms with Gasteiger partial charge in [0.25, 0.3) is 0 Å². The molecule has 0 heterocycles. The summed E-state index contributed by atoms with van der Waals surface area (Å²) in [6.07, 6.45) is 8.85. The van der Waals surface area contributed by atoms with Gasteiger partial charge in [-0.05, 0) is 113 Å². The number of allylic oxidation sites excluding steroid dienone is 2. The Bertz CT molecular complexity index is 1220. The molecule has 0 saturated heterocycles. The Morgan fingerprint density at radius 1 is 0.765 bits per heavy atom. The molecule has 1 saturated carbocycles. The molecule has 4 atom stereocenters. The van der Waals surface area contributed by atoms with Crippen LogP contribution in [0.4, 0.5) is 0 Å². The minimum absolute atomic E-state index is 0.288. The van der Waals surface area contributed by atoms with Crippen molar-refractivity contribution >= 4 is 5.57 Å². The van der Waals surface area contributed by atoms with E-state index in [0.717, 1.165) is 23.3 Å². The Labute approximate surface area is 203 Å². The van der Waals surface area contributed by atoms with Crippen molar-refractivity contribution in [3.8, 4) is 22.6 Å². The zero-order chi connectivity index (χ0) is 23.3. The van der Waals surface area contributed by atoms with Crippen LogP contribution in [0.2, 0.25) is 0 Å². The van der Waals surface area contributed by atoms with Crippen LogP contribution in [0.25, 0.3) is 16.7 Å². The largest absolute Gasteiger partial charge is 0.497 e. The summed E-state index contributed by atoms with van der Waals surface area (Å²) in [6, 6.07) is 24.4. The minimum atomic E-state index is 0.288. The Morgan fingerprint density at radius 3 is 2.09 bits per heavy atom. The number of benzene rings is 3. The standard InChI is InChI=1S/C32H34O2/c1-32-19-18-28-27-14-8-23(21-4-10-25(33-2)11-5-21)20-24(27)9-15-29(28)31(32)17-16-30(32)22-6-12-26(34-3)13-7-22/h4-8,10-14,16,20,28-29,31H,9,15,17-19H2,1-3H3/t28-,29-,31+,32-/m1/s1. The average molecular weight is 451 g/mol. The molecular weight excluding hydrogens is 416 g/mol. The summed E-state index contributed by atoms with van der Waals surface area (Å²) in [6.45, 7) is 2.54. The summed E-state index contributed by atoms with van der Waals surface area (Å²) in [7, 11) is 3.46. The van der Waals surface area contributed by atoms with E-state index in [9.17, 15) is 0 Å². The van der Waals surface area contributed by atoms with Gasteiger partial charge in [-0.25, -0.2) is 0 Å². The molecule has 6 rings (SSSR count). The van der Waals surface area contributed by atoms with Crippen molar-refractivity contribution in [3.05, 3.63) is 89.5 Å². The van der Waals surface area contributed by atoms with Crippen LogP contribution < -0.4 is 9.47 Å². The molecule has 0 unspecified atom stereocenters. The zero-order valence-corrected chi connectivity index (χ0v) is 20.5. The van der Waals surface area contributed by atoms with Crippen LogP contribution >= 0.6 is 0 Å². The molecule has 0 amide bonds. The molecule has 0 bridgehead atoms. The second kappa shape index (κ2) is 8.34.